The summed E-state index contributed by atoms with van der Waals surface area (Å²) < 4.78 is 25.8. The maximum Gasteiger partial charge on any atom is 0.342 e. The molecule has 0 bridgehead atoms. The van der Waals surface area contributed by atoms with Crippen LogP contribution in [-0.4, -0.2) is 90.5 Å². The fraction of sp³-hybridized carbons (Fsp3) is 0.303. The van der Waals surface area contributed by atoms with E-state index in [0.717, 1.165) is 19.2 Å². The Hall–Kier alpha value is -5.63. The number of benzene rings is 3. The number of aliphatic hydroxyl groups is 1. The number of ketones is 2. The summed E-state index contributed by atoms with van der Waals surface area (Å²) in [6.45, 7) is 0. The van der Waals surface area contributed by atoms with Gasteiger partial charge < -0.3 is 44.1 Å². The molecule has 5 rings (SSSR count). The summed E-state index contributed by atoms with van der Waals surface area (Å²) >= 11 is 0. The van der Waals surface area contributed by atoms with Crippen LogP contribution < -0.4 is 9.47 Å². The van der Waals surface area contributed by atoms with Gasteiger partial charge in [0.15, 0.2) is 0 Å². The molecule has 0 spiro atoms. The van der Waals surface area contributed by atoms with E-state index in [1.165, 1.54) is 33.5 Å². The maximum atomic E-state index is 13.4. The summed E-state index contributed by atoms with van der Waals surface area (Å²) in [4.78, 5) is 63.2. The number of carbonyl (C=O) groups is 5. The Balaban J connectivity index is 1.82. The summed E-state index contributed by atoms with van der Waals surface area (Å²) in [5.41, 5.74) is -0.333. The van der Waals surface area contributed by atoms with E-state index >= 15 is 0 Å². The molecule has 0 saturated carbocycles. The van der Waals surface area contributed by atoms with Gasteiger partial charge in [-0.2, -0.15) is 0 Å². The highest BCUT2D eigenvalue weighted by Crippen LogP contribution is 2.53. The lowest BCUT2D eigenvalue weighted by molar-refractivity contribution is -0.143. The minimum Gasteiger partial charge on any atom is -0.507 e. The van der Waals surface area contributed by atoms with Crippen molar-refractivity contribution in [1.29, 1.82) is 0 Å². The van der Waals surface area contributed by atoms with Crippen molar-refractivity contribution >= 4 is 46.3 Å². The zero-order valence-electron chi connectivity index (χ0n) is 25.7. The van der Waals surface area contributed by atoms with Crippen molar-refractivity contribution in [3.63, 3.8) is 0 Å². The molecule has 0 radical (unpaired) electrons. The predicted molar refractivity (Wildman–Crippen MR) is 162 cm³/mol. The predicted octanol–water partition coefficient (Wildman–Crippen LogP) is 2.75. The van der Waals surface area contributed by atoms with Gasteiger partial charge in [0.1, 0.15) is 40.4 Å². The number of rotatable bonds is 9. The van der Waals surface area contributed by atoms with Crippen LogP contribution in [0.25, 0.3) is 28.0 Å². The molecule has 0 unspecified atom stereocenters. The Labute approximate surface area is 266 Å². The second kappa shape index (κ2) is 12.6. The Bertz CT molecular complexity index is 1900. The van der Waals surface area contributed by atoms with Gasteiger partial charge >= 0.3 is 17.9 Å². The normalized spacial score (nSPS) is 16.1. The second-order valence-corrected chi connectivity index (χ2v) is 10.9. The standard InChI is InChI=1S/C33H30O14/c1-43-21-11-19(35)26-17(7-13-6-16(10-24(38)46-4)47-33(42)25(13)31(26)40)28(21)29-18-8-14(5-15(34)9-23(37)45-3)30(39)32(41)27(18)20(36)12-22(29)44-2/h7-8,11-12,15-16,34-36,40H,5-6,9-10H2,1-4H3/t15-,16-/m0/s1. The molecule has 14 heteroatoms. The third kappa shape index (κ3) is 5.67. The van der Waals surface area contributed by atoms with Crippen LogP contribution >= 0.6 is 0 Å². The number of Topliss-reactive ketones (excluding diaryl/α,β-unsaturated/α-hetero) is 2. The third-order valence-electron chi connectivity index (χ3n) is 8.10. The number of fused-ring (bicyclic) bond motifs is 3. The molecule has 3 aromatic rings. The maximum absolute atomic E-state index is 13.4. The van der Waals surface area contributed by atoms with Gasteiger partial charge in [-0.3, -0.25) is 19.2 Å². The van der Waals surface area contributed by atoms with E-state index in [9.17, 15) is 44.4 Å². The number of phenols is 3. The van der Waals surface area contributed by atoms with Gasteiger partial charge in [0.2, 0.25) is 11.6 Å². The largest absolute Gasteiger partial charge is 0.507 e. The summed E-state index contributed by atoms with van der Waals surface area (Å²) in [7, 11) is 4.90. The Morgan fingerprint density at radius 1 is 0.851 bits per heavy atom. The summed E-state index contributed by atoms with van der Waals surface area (Å²) in [6.07, 6.45) is -2.19. The molecule has 0 amide bonds. The van der Waals surface area contributed by atoms with Gasteiger partial charge in [-0.25, -0.2) is 4.79 Å². The topological polar surface area (TPSA) is 212 Å². The average molecular weight is 651 g/mol. The molecule has 47 heavy (non-hydrogen) atoms. The minimum absolute atomic E-state index is 0.00932. The van der Waals surface area contributed by atoms with E-state index in [0.29, 0.717) is 0 Å². The highest BCUT2D eigenvalue weighted by molar-refractivity contribution is 6.52. The first-order valence-corrected chi connectivity index (χ1v) is 14.2. The average Bonchev–Trinajstić information content (AvgIpc) is 3.02. The fourth-order valence-corrected chi connectivity index (χ4v) is 5.99. The molecular weight excluding hydrogens is 620 g/mol. The zero-order chi connectivity index (χ0) is 34.3. The molecule has 1 aliphatic carbocycles. The number of aromatic hydroxyl groups is 3. The molecule has 2 atom stereocenters. The van der Waals surface area contributed by atoms with Crippen LogP contribution in [0.4, 0.5) is 0 Å². The number of cyclic esters (lactones) is 1. The van der Waals surface area contributed by atoms with Crippen LogP contribution in [0.1, 0.15) is 51.1 Å². The van der Waals surface area contributed by atoms with Gasteiger partial charge in [0, 0.05) is 52.6 Å². The third-order valence-corrected chi connectivity index (χ3v) is 8.10. The van der Waals surface area contributed by atoms with Crippen LogP contribution in [-0.2, 0) is 35.0 Å². The van der Waals surface area contributed by atoms with Crippen LogP contribution in [0.15, 0.2) is 23.8 Å². The van der Waals surface area contributed by atoms with E-state index in [1.54, 1.807) is 0 Å². The molecule has 0 fully saturated rings. The van der Waals surface area contributed by atoms with Crippen molar-refractivity contribution in [2.45, 2.75) is 37.9 Å². The number of phenolic OH excluding ortho intramolecular Hbond substituents is 3. The molecule has 4 N–H and O–H groups in total. The molecular formula is C33H30O14. The highest BCUT2D eigenvalue weighted by Gasteiger charge is 2.37. The van der Waals surface area contributed by atoms with E-state index in [4.69, 9.17) is 18.9 Å². The first-order chi connectivity index (χ1) is 22.3. The van der Waals surface area contributed by atoms with Crippen molar-refractivity contribution in [3.05, 3.63) is 46.0 Å². The summed E-state index contributed by atoms with van der Waals surface area (Å²) in [6, 6.07) is 3.77. The van der Waals surface area contributed by atoms with E-state index in [-0.39, 0.29) is 74.1 Å². The Morgan fingerprint density at radius 2 is 1.49 bits per heavy atom. The minimum atomic E-state index is -1.39. The molecule has 14 nitrogen and oxygen atoms in total. The molecule has 1 heterocycles. The number of carbonyl (C=O) groups excluding carboxylic acids is 5. The number of esters is 3. The lowest BCUT2D eigenvalue weighted by Gasteiger charge is -2.27. The molecule has 0 aromatic heterocycles. The summed E-state index contributed by atoms with van der Waals surface area (Å²) in [5.74, 6) is -6.11. The number of methoxy groups -OCH3 is 4. The second-order valence-electron chi connectivity index (χ2n) is 10.9. The van der Waals surface area contributed by atoms with Crippen LogP contribution in [0.5, 0.6) is 28.7 Å². The van der Waals surface area contributed by atoms with E-state index in [1.807, 2.05) is 0 Å². The van der Waals surface area contributed by atoms with Crippen LogP contribution in [0.2, 0.25) is 0 Å². The molecule has 0 saturated heterocycles. The number of hydrogen-bond acceptors (Lipinski definition) is 14. The molecule has 3 aromatic carbocycles. The van der Waals surface area contributed by atoms with Gasteiger partial charge in [0.05, 0.1) is 58.3 Å². The first kappa shape index (κ1) is 32.8. The monoisotopic (exact) mass is 650 g/mol. The Morgan fingerprint density at radius 3 is 2.13 bits per heavy atom. The lowest BCUT2D eigenvalue weighted by atomic mass is 9.80. The SMILES string of the molecule is COC(=O)C[C@@H](O)CC1=Cc2c(c(O)cc(OC)c2-c2c(OC)cc(O)c3c(O)c4c(cc23)C[C@@H](CC(=O)OC)OC4=O)C(=O)C1=O. The highest BCUT2D eigenvalue weighted by atomic mass is 16.6. The van der Waals surface area contributed by atoms with Crippen molar-refractivity contribution in [3.8, 4) is 39.9 Å². The Kier molecular flexibility index (Phi) is 8.81. The zero-order valence-corrected chi connectivity index (χ0v) is 25.7. The van der Waals surface area contributed by atoms with Crippen molar-refractivity contribution in [1.82, 2.24) is 0 Å². The van der Waals surface area contributed by atoms with Crippen molar-refractivity contribution in [2.75, 3.05) is 28.4 Å². The number of aliphatic hydroxyl groups excluding tert-OH is 1. The number of hydrogen-bond donors (Lipinski definition) is 4. The van der Waals surface area contributed by atoms with Crippen LogP contribution in [0.3, 0.4) is 0 Å². The first-order valence-electron chi connectivity index (χ1n) is 14.2. The fourth-order valence-electron chi connectivity index (χ4n) is 5.99. The van der Waals surface area contributed by atoms with Gasteiger partial charge in [-0.05, 0) is 17.7 Å². The molecule has 246 valence electrons. The van der Waals surface area contributed by atoms with Gasteiger partial charge in [-0.15, -0.1) is 0 Å². The van der Waals surface area contributed by atoms with Crippen LogP contribution in [0, 0.1) is 0 Å². The van der Waals surface area contributed by atoms with Gasteiger partial charge in [0.25, 0.3) is 0 Å². The van der Waals surface area contributed by atoms with Crippen molar-refractivity contribution in [2.24, 2.45) is 0 Å². The quantitative estimate of drug-likeness (QED) is 0.149. The number of ether oxygens (including phenoxy) is 5. The van der Waals surface area contributed by atoms with E-state index < -0.39 is 71.8 Å². The lowest BCUT2D eigenvalue weighted by Crippen LogP contribution is -2.30. The van der Waals surface area contributed by atoms with E-state index in [2.05, 4.69) is 4.74 Å². The smallest absolute Gasteiger partial charge is 0.342 e. The summed E-state index contributed by atoms with van der Waals surface area (Å²) in [5, 5.41) is 43.7. The van der Waals surface area contributed by atoms with Gasteiger partial charge in [-0.1, -0.05) is 0 Å². The molecule has 2 aliphatic rings. The molecule has 1 aliphatic heterocycles. The van der Waals surface area contributed by atoms with Crippen molar-refractivity contribution < 1.29 is 68.1 Å².